The first kappa shape index (κ1) is 24.4. The Morgan fingerprint density at radius 3 is 2.72 bits per heavy atom. The van der Waals surface area contributed by atoms with Crippen LogP contribution in [0.25, 0.3) is 11.5 Å². The molecule has 0 radical (unpaired) electrons. The number of nitrogens with zero attached hydrogens (tertiary/aromatic N) is 5. The summed E-state index contributed by atoms with van der Waals surface area (Å²) in [5, 5.41) is 11.4. The van der Waals surface area contributed by atoms with Crippen molar-refractivity contribution in [2.45, 2.75) is 35.9 Å². The van der Waals surface area contributed by atoms with Crippen molar-refractivity contribution in [1.82, 2.24) is 29.7 Å². The molecular formula is C22H24BrN7O5S. The van der Waals surface area contributed by atoms with Crippen molar-refractivity contribution in [3.63, 3.8) is 0 Å². The number of aromatic nitrogens is 4. The lowest BCUT2D eigenvalue weighted by atomic mass is 9.93. The summed E-state index contributed by atoms with van der Waals surface area (Å²) in [5.74, 6) is 2.61. The average Bonchev–Trinajstić information content (AvgIpc) is 3.50. The van der Waals surface area contributed by atoms with Crippen LogP contribution in [0, 0.1) is 5.92 Å². The predicted octanol–water partition coefficient (Wildman–Crippen LogP) is 2.90. The Hall–Kier alpha value is -3.26. The number of piperidine rings is 1. The van der Waals surface area contributed by atoms with Gasteiger partial charge in [0, 0.05) is 29.0 Å². The number of nitrogens with one attached hydrogen (secondary N) is 1. The van der Waals surface area contributed by atoms with Crippen LogP contribution in [0.3, 0.4) is 0 Å². The molecule has 4 N–H and O–H groups in total. The molecule has 4 aliphatic heterocycles. The monoisotopic (exact) mass is 577 g/mol. The third-order valence-electron chi connectivity index (χ3n) is 6.24. The number of ether oxygens (including phenoxy) is 2. The lowest BCUT2D eigenvalue weighted by Gasteiger charge is -2.32. The first-order valence-corrected chi connectivity index (χ1v) is 13.0. The topological polar surface area (TPSA) is 158 Å². The fourth-order valence-electron chi connectivity index (χ4n) is 4.27. The summed E-state index contributed by atoms with van der Waals surface area (Å²) < 4.78 is 13.7. The van der Waals surface area contributed by atoms with Crippen LogP contribution < -0.4 is 20.5 Å². The maximum Gasteiger partial charge on any atom is 0.405 e. The number of benzene rings is 1. The van der Waals surface area contributed by atoms with Crippen molar-refractivity contribution in [2.24, 2.45) is 5.92 Å². The van der Waals surface area contributed by atoms with Gasteiger partial charge in [0.15, 0.2) is 34.0 Å². The number of nitrogen functional groups attached to an aromatic ring is 1. The fraction of sp³-hybridized carbons (Fsp3) is 0.409. The molecule has 12 nitrogen and oxygen atoms in total. The molecule has 0 aromatic heterocycles. The van der Waals surface area contributed by atoms with E-state index < -0.39 is 6.09 Å². The zero-order chi connectivity index (χ0) is 25.2. The van der Waals surface area contributed by atoms with Crippen molar-refractivity contribution in [1.29, 1.82) is 0 Å². The number of imidazole rings is 1. The van der Waals surface area contributed by atoms with E-state index in [1.54, 1.807) is 11.2 Å². The summed E-state index contributed by atoms with van der Waals surface area (Å²) in [5.41, 5.74) is 6.66. The third-order valence-corrected chi connectivity index (χ3v) is 8.08. The Morgan fingerprint density at radius 2 is 1.97 bits per heavy atom. The molecule has 1 aromatic carbocycles. The van der Waals surface area contributed by atoms with Crippen LogP contribution in [0.15, 0.2) is 33.0 Å². The highest BCUT2D eigenvalue weighted by atomic mass is 79.9. The molecule has 190 valence electrons. The Labute approximate surface area is 219 Å². The second kappa shape index (κ2) is 10.4. The van der Waals surface area contributed by atoms with Gasteiger partial charge < -0.3 is 35.1 Å². The van der Waals surface area contributed by atoms with E-state index in [4.69, 9.17) is 25.3 Å². The van der Waals surface area contributed by atoms with Gasteiger partial charge in [-0.05, 0) is 65.0 Å². The quantitative estimate of drug-likeness (QED) is 0.381. The second-order valence-corrected chi connectivity index (χ2v) is 10.4. The van der Waals surface area contributed by atoms with Gasteiger partial charge in [-0.25, -0.2) is 19.7 Å². The van der Waals surface area contributed by atoms with Crippen LogP contribution in [0.1, 0.15) is 19.3 Å². The fourth-order valence-corrected chi connectivity index (χ4v) is 5.63. The first-order valence-electron chi connectivity index (χ1n) is 11.4. The Balaban J connectivity index is 1.22. The number of rotatable bonds is 7. The molecule has 2 amide bonds. The van der Waals surface area contributed by atoms with Gasteiger partial charge in [-0.3, -0.25) is 4.79 Å². The van der Waals surface area contributed by atoms with Gasteiger partial charge in [-0.15, -0.1) is 0 Å². The van der Waals surface area contributed by atoms with E-state index in [9.17, 15) is 9.59 Å². The summed E-state index contributed by atoms with van der Waals surface area (Å²) in [4.78, 5) is 39.0. The van der Waals surface area contributed by atoms with Gasteiger partial charge in [0.25, 0.3) is 0 Å². The number of hydrogen-bond acceptors (Lipinski definition) is 9. The highest BCUT2D eigenvalue weighted by molar-refractivity contribution is 9.10. The van der Waals surface area contributed by atoms with E-state index in [0.29, 0.717) is 59.5 Å². The first-order chi connectivity index (χ1) is 17.4. The van der Waals surface area contributed by atoms with Gasteiger partial charge in [0.2, 0.25) is 12.7 Å². The molecule has 4 heterocycles. The molecule has 4 aliphatic rings. The van der Waals surface area contributed by atoms with Crippen LogP contribution in [-0.2, 0) is 11.3 Å². The molecule has 1 aromatic rings. The molecule has 1 saturated heterocycles. The highest BCUT2D eigenvalue weighted by Gasteiger charge is 2.25. The standard InChI is InChI=1S/C22H24BrN7O5S/c23-13-7-14-15(35-11-34-14)8-16(13)36-21-27-18-19(24)26-10-30(20(18)28-21)6-3-12-1-4-29(5-2-12)17(31)9-25-22(32)33/h7-8,10,12,25H,1-6,9,11,24H2,(H,32,33). The average molecular weight is 578 g/mol. The van der Waals surface area contributed by atoms with Crippen molar-refractivity contribution in [3.05, 3.63) is 22.9 Å². The number of aryl methyl sites for hydroxylation is 1. The van der Waals surface area contributed by atoms with Gasteiger partial charge in [-0.2, -0.15) is 0 Å². The van der Waals surface area contributed by atoms with Gasteiger partial charge >= 0.3 is 6.09 Å². The lowest BCUT2D eigenvalue weighted by Crippen LogP contribution is -2.43. The van der Waals surface area contributed by atoms with Crippen LogP contribution in [0.5, 0.6) is 11.5 Å². The van der Waals surface area contributed by atoms with Crippen LogP contribution in [0.2, 0.25) is 0 Å². The molecule has 36 heavy (non-hydrogen) atoms. The molecule has 0 atom stereocenters. The number of hydrogen-bond donors (Lipinski definition) is 3. The normalized spacial score (nSPS) is 15.4. The molecule has 14 heteroatoms. The smallest absolute Gasteiger partial charge is 0.405 e. The van der Waals surface area contributed by atoms with Crippen LogP contribution >= 0.6 is 27.7 Å². The number of nitrogens with two attached hydrogens (primary N) is 1. The zero-order valence-corrected chi connectivity index (χ0v) is 21.5. The summed E-state index contributed by atoms with van der Waals surface area (Å²) >= 11 is 4.97. The van der Waals surface area contributed by atoms with E-state index in [1.165, 1.54) is 11.8 Å². The number of fused-ring (bicyclic) bond motifs is 2. The maximum absolute atomic E-state index is 12.1. The number of anilines is 1. The zero-order valence-electron chi connectivity index (χ0n) is 19.1. The van der Waals surface area contributed by atoms with Crippen molar-refractivity contribution >= 4 is 45.5 Å². The van der Waals surface area contributed by atoms with Crippen LogP contribution in [0.4, 0.5) is 10.6 Å². The van der Waals surface area contributed by atoms with E-state index in [1.807, 2.05) is 16.7 Å². The number of carbonyl (C=O) groups excluding carboxylic acids is 1. The predicted molar refractivity (Wildman–Crippen MR) is 133 cm³/mol. The highest BCUT2D eigenvalue weighted by Crippen LogP contribution is 2.43. The largest absolute Gasteiger partial charge is 0.465 e. The maximum atomic E-state index is 12.1. The number of carbonyl (C=O) groups is 2. The van der Waals surface area contributed by atoms with Crippen molar-refractivity contribution < 1.29 is 24.2 Å². The third kappa shape index (κ3) is 5.28. The SMILES string of the molecule is Nc1ncn(CCC2CCN(C(=O)CNC(=O)O)CC2)c2nc(Sc3cc4c(cc3Br)OCO4)nc1-2. The van der Waals surface area contributed by atoms with Gasteiger partial charge in [0.05, 0.1) is 6.33 Å². The van der Waals surface area contributed by atoms with Crippen molar-refractivity contribution in [2.75, 3.05) is 32.2 Å². The van der Waals surface area contributed by atoms with Crippen LogP contribution in [-0.4, -0.2) is 68.0 Å². The number of likely N-dealkylation sites (tertiary alicyclic amines) is 1. The molecule has 0 spiro atoms. The minimum atomic E-state index is -1.20. The van der Waals surface area contributed by atoms with E-state index in [-0.39, 0.29) is 19.2 Å². The Morgan fingerprint density at radius 1 is 1.22 bits per heavy atom. The summed E-state index contributed by atoms with van der Waals surface area (Å²) in [7, 11) is 0. The van der Waals surface area contributed by atoms with E-state index >= 15 is 0 Å². The molecule has 1 fully saturated rings. The van der Waals surface area contributed by atoms with Gasteiger partial charge in [0.1, 0.15) is 6.54 Å². The molecule has 0 saturated carbocycles. The molecule has 0 aliphatic carbocycles. The minimum absolute atomic E-state index is 0.191. The van der Waals surface area contributed by atoms with Gasteiger partial charge in [-0.1, -0.05) is 0 Å². The van der Waals surface area contributed by atoms with E-state index in [0.717, 1.165) is 28.6 Å². The summed E-state index contributed by atoms with van der Waals surface area (Å²) in [6.45, 7) is 1.94. The number of halogens is 1. The number of amides is 2. The lowest BCUT2D eigenvalue weighted by molar-refractivity contribution is -0.131. The van der Waals surface area contributed by atoms with Crippen molar-refractivity contribution in [3.8, 4) is 23.0 Å². The Kier molecular flexibility index (Phi) is 7.05. The summed E-state index contributed by atoms with van der Waals surface area (Å²) in [6.07, 6.45) is 3.10. The molecular weight excluding hydrogens is 554 g/mol. The summed E-state index contributed by atoms with van der Waals surface area (Å²) in [6, 6.07) is 3.76. The molecule has 5 rings (SSSR count). The minimum Gasteiger partial charge on any atom is -0.465 e. The second-order valence-electron chi connectivity index (χ2n) is 8.51. The molecule has 0 bridgehead atoms. The molecule has 0 unspecified atom stereocenters. The Bertz CT molecular complexity index is 1260. The number of carboxylic acid groups (broad SMARTS) is 1. The van der Waals surface area contributed by atoms with E-state index in [2.05, 4.69) is 31.2 Å².